The highest BCUT2D eigenvalue weighted by molar-refractivity contribution is 7.89. The van der Waals surface area contributed by atoms with Crippen molar-refractivity contribution in [2.75, 3.05) is 12.3 Å². The van der Waals surface area contributed by atoms with Gasteiger partial charge in [-0.15, -0.1) is 0 Å². The van der Waals surface area contributed by atoms with Crippen LogP contribution in [0.25, 0.3) is 0 Å². The van der Waals surface area contributed by atoms with E-state index < -0.39 is 10.0 Å². The van der Waals surface area contributed by atoms with Crippen LogP contribution < -0.4 is 10.5 Å². The molecule has 0 spiro atoms. The number of nitrogen functional groups attached to an aromatic ring is 1. The normalized spacial score (nSPS) is 12.6. The number of unbranched alkanes of at least 4 members (excludes halogenated alkanes) is 2. The van der Waals surface area contributed by atoms with Gasteiger partial charge >= 0.3 is 0 Å². The molecule has 0 radical (unpaired) electrons. The van der Waals surface area contributed by atoms with Crippen molar-refractivity contribution in [3.63, 3.8) is 0 Å². The van der Waals surface area contributed by atoms with Gasteiger partial charge in [0.05, 0.1) is 4.90 Å². The van der Waals surface area contributed by atoms with E-state index in [9.17, 15) is 8.42 Å². The molecule has 1 rings (SSSR count). The summed E-state index contributed by atoms with van der Waals surface area (Å²) < 4.78 is 27.5. The molecule has 5 heteroatoms. The van der Waals surface area contributed by atoms with Crippen LogP contribution in [0.2, 0.25) is 0 Å². The molecule has 0 saturated carbocycles. The lowest BCUT2D eigenvalue weighted by Gasteiger charge is -2.25. The van der Waals surface area contributed by atoms with Gasteiger partial charge in [0.1, 0.15) is 0 Å². The highest BCUT2D eigenvalue weighted by atomic mass is 32.2. The zero-order chi connectivity index (χ0) is 16.1. The van der Waals surface area contributed by atoms with E-state index in [0.717, 1.165) is 12.8 Å². The molecule has 0 aliphatic rings. The SMILES string of the molecule is CCCCCC(C)(C)CNS(=O)(=O)c1ccc(N)cc1C. The Morgan fingerprint density at radius 1 is 1.24 bits per heavy atom. The first kappa shape index (κ1) is 18.0. The predicted molar refractivity (Wildman–Crippen MR) is 88.7 cm³/mol. The minimum atomic E-state index is -3.48. The minimum Gasteiger partial charge on any atom is -0.399 e. The number of nitrogens with one attached hydrogen (secondary N) is 1. The fourth-order valence-corrected chi connectivity index (χ4v) is 3.75. The average molecular weight is 312 g/mol. The summed E-state index contributed by atoms with van der Waals surface area (Å²) in [4.78, 5) is 0.307. The third-order valence-corrected chi connectivity index (χ3v) is 5.25. The van der Waals surface area contributed by atoms with Crippen molar-refractivity contribution in [2.45, 2.75) is 58.3 Å². The van der Waals surface area contributed by atoms with Gasteiger partial charge in [-0.2, -0.15) is 0 Å². The van der Waals surface area contributed by atoms with Gasteiger partial charge in [0.2, 0.25) is 10.0 Å². The van der Waals surface area contributed by atoms with Crippen LogP contribution in [0, 0.1) is 12.3 Å². The Morgan fingerprint density at radius 3 is 2.48 bits per heavy atom. The maximum Gasteiger partial charge on any atom is 0.240 e. The Kier molecular flexibility index (Phi) is 6.23. The molecule has 1 aromatic rings. The molecule has 0 saturated heterocycles. The molecule has 0 atom stereocenters. The molecule has 0 fully saturated rings. The first-order valence-electron chi connectivity index (χ1n) is 7.54. The molecule has 3 N–H and O–H groups in total. The number of benzene rings is 1. The van der Waals surface area contributed by atoms with E-state index in [4.69, 9.17) is 5.73 Å². The molecule has 0 aliphatic heterocycles. The van der Waals surface area contributed by atoms with E-state index in [0.29, 0.717) is 22.7 Å². The van der Waals surface area contributed by atoms with Crippen molar-refractivity contribution in [1.82, 2.24) is 4.72 Å². The fourth-order valence-electron chi connectivity index (χ4n) is 2.28. The van der Waals surface area contributed by atoms with Gasteiger partial charge in [-0.05, 0) is 42.5 Å². The monoisotopic (exact) mass is 312 g/mol. The Balaban J connectivity index is 2.72. The van der Waals surface area contributed by atoms with Gasteiger partial charge in [0.25, 0.3) is 0 Å². The quantitative estimate of drug-likeness (QED) is 0.570. The molecule has 0 aromatic heterocycles. The average Bonchev–Trinajstić information content (AvgIpc) is 2.36. The molecule has 120 valence electrons. The topological polar surface area (TPSA) is 72.2 Å². The molecule has 0 bridgehead atoms. The van der Waals surface area contributed by atoms with Gasteiger partial charge < -0.3 is 5.73 Å². The van der Waals surface area contributed by atoms with E-state index in [1.54, 1.807) is 25.1 Å². The Hall–Kier alpha value is -1.07. The van der Waals surface area contributed by atoms with Crippen molar-refractivity contribution in [2.24, 2.45) is 5.41 Å². The third-order valence-electron chi connectivity index (χ3n) is 3.69. The highest BCUT2D eigenvalue weighted by Gasteiger charge is 2.23. The van der Waals surface area contributed by atoms with Gasteiger partial charge in [-0.3, -0.25) is 0 Å². The van der Waals surface area contributed by atoms with Crippen molar-refractivity contribution in [3.05, 3.63) is 23.8 Å². The highest BCUT2D eigenvalue weighted by Crippen LogP contribution is 2.24. The van der Waals surface area contributed by atoms with Gasteiger partial charge in [0, 0.05) is 12.2 Å². The summed E-state index contributed by atoms with van der Waals surface area (Å²) in [7, 11) is -3.48. The van der Waals surface area contributed by atoms with Crippen LogP contribution in [0.5, 0.6) is 0 Å². The van der Waals surface area contributed by atoms with Gasteiger partial charge in [-0.1, -0.05) is 40.0 Å². The predicted octanol–water partition coefficient (Wildman–Crippen LogP) is 3.46. The van der Waals surface area contributed by atoms with Gasteiger partial charge in [0.15, 0.2) is 0 Å². The Bertz CT molecular complexity index is 566. The Labute approximate surface area is 129 Å². The van der Waals surface area contributed by atoms with Crippen LogP contribution in [-0.2, 0) is 10.0 Å². The van der Waals surface area contributed by atoms with E-state index in [1.807, 2.05) is 0 Å². The number of hydrogen-bond donors (Lipinski definition) is 2. The molecule has 0 unspecified atom stereocenters. The Morgan fingerprint density at radius 2 is 1.90 bits per heavy atom. The van der Waals surface area contributed by atoms with Crippen LogP contribution in [0.1, 0.15) is 52.0 Å². The van der Waals surface area contributed by atoms with Crippen molar-refractivity contribution in [1.29, 1.82) is 0 Å². The smallest absolute Gasteiger partial charge is 0.240 e. The van der Waals surface area contributed by atoms with Crippen LogP contribution in [0.15, 0.2) is 23.1 Å². The van der Waals surface area contributed by atoms with E-state index in [1.165, 1.54) is 12.8 Å². The zero-order valence-corrected chi connectivity index (χ0v) is 14.4. The summed E-state index contributed by atoms with van der Waals surface area (Å²) in [5.41, 5.74) is 6.88. The fraction of sp³-hybridized carbons (Fsp3) is 0.625. The number of aryl methyl sites for hydroxylation is 1. The second kappa shape index (κ2) is 7.27. The minimum absolute atomic E-state index is 0.0377. The molecule has 1 aromatic carbocycles. The van der Waals surface area contributed by atoms with Crippen LogP contribution in [-0.4, -0.2) is 15.0 Å². The molecular weight excluding hydrogens is 284 g/mol. The van der Waals surface area contributed by atoms with Crippen LogP contribution in [0.4, 0.5) is 5.69 Å². The first-order chi connectivity index (χ1) is 9.68. The van der Waals surface area contributed by atoms with E-state index >= 15 is 0 Å². The van der Waals surface area contributed by atoms with Crippen LogP contribution in [0.3, 0.4) is 0 Å². The third kappa shape index (κ3) is 5.67. The lowest BCUT2D eigenvalue weighted by Crippen LogP contribution is -2.34. The van der Waals surface area contributed by atoms with E-state index in [2.05, 4.69) is 25.5 Å². The molecule has 21 heavy (non-hydrogen) atoms. The number of sulfonamides is 1. The maximum atomic E-state index is 12.4. The zero-order valence-electron chi connectivity index (χ0n) is 13.6. The summed E-state index contributed by atoms with van der Waals surface area (Å²) in [6.07, 6.45) is 4.51. The largest absolute Gasteiger partial charge is 0.399 e. The molecule has 0 heterocycles. The molecule has 0 amide bonds. The molecule has 0 aliphatic carbocycles. The number of anilines is 1. The molecule has 4 nitrogen and oxygen atoms in total. The summed E-state index contributed by atoms with van der Waals surface area (Å²) in [5.74, 6) is 0. The van der Waals surface area contributed by atoms with Crippen molar-refractivity contribution < 1.29 is 8.42 Å². The number of rotatable bonds is 8. The number of nitrogens with two attached hydrogens (primary N) is 1. The van der Waals surface area contributed by atoms with Crippen molar-refractivity contribution in [3.8, 4) is 0 Å². The maximum absolute atomic E-state index is 12.4. The van der Waals surface area contributed by atoms with Crippen LogP contribution >= 0.6 is 0 Å². The lowest BCUT2D eigenvalue weighted by molar-refractivity contribution is 0.320. The summed E-state index contributed by atoms with van der Waals surface area (Å²) in [6.45, 7) is 8.57. The first-order valence-corrected chi connectivity index (χ1v) is 9.02. The molecular formula is C16H28N2O2S. The van der Waals surface area contributed by atoms with Crippen molar-refractivity contribution >= 4 is 15.7 Å². The second-order valence-electron chi connectivity index (χ2n) is 6.47. The second-order valence-corrected chi connectivity index (χ2v) is 8.21. The lowest BCUT2D eigenvalue weighted by atomic mass is 9.87. The van der Waals surface area contributed by atoms with E-state index in [-0.39, 0.29) is 5.41 Å². The summed E-state index contributed by atoms with van der Waals surface area (Å²) >= 11 is 0. The summed E-state index contributed by atoms with van der Waals surface area (Å²) in [6, 6.07) is 4.87. The summed E-state index contributed by atoms with van der Waals surface area (Å²) in [5, 5.41) is 0. The standard InChI is InChI=1S/C16H28N2O2S/c1-5-6-7-10-16(3,4)12-18-21(19,20)15-9-8-14(17)11-13(15)2/h8-9,11,18H,5-7,10,12,17H2,1-4H3. The number of hydrogen-bond acceptors (Lipinski definition) is 3. The van der Waals surface area contributed by atoms with Gasteiger partial charge in [-0.25, -0.2) is 13.1 Å².